The second-order valence-electron chi connectivity index (χ2n) is 6.13. The summed E-state index contributed by atoms with van der Waals surface area (Å²) in [5.41, 5.74) is 9.38. The average Bonchev–Trinajstić information content (AvgIpc) is 2.93. The van der Waals surface area contributed by atoms with E-state index in [1.807, 2.05) is 47.0 Å². The number of hydrogen-bond donors (Lipinski definition) is 1. The predicted molar refractivity (Wildman–Crippen MR) is 95.5 cm³/mol. The molecule has 3 aromatic rings. The SMILES string of the molecule is CC(C)COc1ccc(-c2nc3ccccc3n2CC#N)cc1N. The van der Waals surface area contributed by atoms with Crippen molar-refractivity contribution in [3.05, 3.63) is 42.5 Å². The molecule has 0 spiro atoms. The van der Waals surface area contributed by atoms with Crippen LogP contribution in [0.1, 0.15) is 13.8 Å². The van der Waals surface area contributed by atoms with Gasteiger partial charge in [0.1, 0.15) is 18.1 Å². The van der Waals surface area contributed by atoms with E-state index in [-0.39, 0.29) is 6.54 Å². The lowest BCUT2D eigenvalue weighted by atomic mass is 10.1. The lowest BCUT2D eigenvalue weighted by Gasteiger charge is -2.12. The standard InChI is InChI=1S/C19H20N4O/c1-13(2)12-24-18-8-7-14(11-15(18)21)19-22-16-5-3-4-6-17(16)23(19)10-9-20/h3-8,11,13H,10,12,21H2,1-2H3. The molecule has 0 unspecified atom stereocenters. The number of imidazole rings is 1. The van der Waals surface area contributed by atoms with Crippen LogP contribution in [0.3, 0.4) is 0 Å². The van der Waals surface area contributed by atoms with Crippen LogP contribution in [-0.2, 0) is 6.54 Å². The molecule has 5 nitrogen and oxygen atoms in total. The van der Waals surface area contributed by atoms with Crippen LogP contribution in [0, 0.1) is 17.2 Å². The number of aromatic nitrogens is 2. The normalized spacial score (nSPS) is 10.9. The molecule has 0 bridgehead atoms. The maximum atomic E-state index is 9.15. The summed E-state index contributed by atoms with van der Waals surface area (Å²) >= 11 is 0. The summed E-state index contributed by atoms with van der Waals surface area (Å²) in [6, 6.07) is 15.6. The molecular formula is C19H20N4O. The third-order valence-corrected chi connectivity index (χ3v) is 3.72. The smallest absolute Gasteiger partial charge is 0.142 e. The van der Waals surface area contributed by atoms with Crippen LogP contribution in [0.5, 0.6) is 5.75 Å². The molecule has 122 valence electrons. The number of ether oxygens (including phenoxy) is 1. The van der Waals surface area contributed by atoms with Crippen molar-refractivity contribution in [2.24, 2.45) is 5.92 Å². The van der Waals surface area contributed by atoms with Gasteiger partial charge in [-0.2, -0.15) is 5.26 Å². The van der Waals surface area contributed by atoms with Crippen molar-refractivity contribution >= 4 is 16.7 Å². The Morgan fingerprint density at radius 3 is 2.75 bits per heavy atom. The molecule has 1 aromatic heterocycles. The fraction of sp³-hybridized carbons (Fsp3) is 0.263. The summed E-state index contributed by atoms with van der Waals surface area (Å²) in [4.78, 5) is 4.66. The van der Waals surface area contributed by atoms with Crippen LogP contribution in [0.2, 0.25) is 0 Å². The van der Waals surface area contributed by atoms with E-state index < -0.39 is 0 Å². The zero-order chi connectivity index (χ0) is 17.1. The van der Waals surface area contributed by atoms with Crippen molar-refractivity contribution in [1.82, 2.24) is 9.55 Å². The van der Waals surface area contributed by atoms with E-state index in [9.17, 15) is 0 Å². The Morgan fingerprint density at radius 2 is 2.04 bits per heavy atom. The van der Waals surface area contributed by atoms with Crippen LogP contribution in [0.25, 0.3) is 22.4 Å². The highest BCUT2D eigenvalue weighted by atomic mass is 16.5. The second-order valence-corrected chi connectivity index (χ2v) is 6.13. The van der Waals surface area contributed by atoms with Crippen molar-refractivity contribution in [2.75, 3.05) is 12.3 Å². The van der Waals surface area contributed by atoms with E-state index >= 15 is 0 Å². The predicted octanol–water partition coefficient (Wildman–Crippen LogP) is 3.84. The molecule has 0 atom stereocenters. The van der Waals surface area contributed by atoms with Crippen LogP contribution >= 0.6 is 0 Å². The molecule has 0 fully saturated rings. The van der Waals surface area contributed by atoms with Gasteiger partial charge in [-0.25, -0.2) is 4.98 Å². The molecular weight excluding hydrogens is 300 g/mol. The molecule has 1 heterocycles. The lowest BCUT2D eigenvalue weighted by Crippen LogP contribution is -2.06. The fourth-order valence-corrected chi connectivity index (χ4v) is 2.60. The maximum absolute atomic E-state index is 9.15. The minimum atomic E-state index is 0.237. The van der Waals surface area contributed by atoms with Gasteiger partial charge in [-0.3, -0.25) is 0 Å². The zero-order valence-electron chi connectivity index (χ0n) is 13.9. The summed E-state index contributed by atoms with van der Waals surface area (Å²) in [6.07, 6.45) is 0. The number of anilines is 1. The van der Waals surface area contributed by atoms with Crippen molar-refractivity contribution in [3.63, 3.8) is 0 Å². The number of nitrogens with zero attached hydrogens (tertiary/aromatic N) is 3. The molecule has 0 amide bonds. The van der Waals surface area contributed by atoms with Gasteiger partial charge >= 0.3 is 0 Å². The van der Waals surface area contributed by atoms with Crippen LogP contribution in [-0.4, -0.2) is 16.2 Å². The monoisotopic (exact) mass is 320 g/mol. The summed E-state index contributed by atoms with van der Waals surface area (Å²) < 4.78 is 7.62. The Morgan fingerprint density at radius 1 is 1.25 bits per heavy atom. The highest BCUT2D eigenvalue weighted by Crippen LogP contribution is 2.30. The molecule has 5 heteroatoms. The number of nitrogens with two attached hydrogens (primary N) is 1. The molecule has 0 aliphatic rings. The van der Waals surface area contributed by atoms with Crippen molar-refractivity contribution in [1.29, 1.82) is 5.26 Å². The molecule has 0 saturated heterocycles. The third kappa shape index (κ3) is 3.04. The first-order valence-electron chi connectivity index (χ1n) is 7.95. The average molecular weight is 320 g/mol. The summed E-state index contributed by atoms with van der Waals surface area (Å²) in [5.74, 6) is 1.85. The minimum absolute atomic E-state index is 0.237. The topological polar surface area (TPSA) is 76.9 Å². The highest BCUT2D eigenvalue weighted by molar-refractivity contribution is 5.81. The van der Waals surface area contributed by atoms with Gasteiger partial charge in [-0.05, 0) is 36.2 Å². The largest absolute Gasteiger partial charge is 0.491 e. The first-order chi connectivity index (χ1) is 11.6. The number of nitrogen functional groups attached to an aromatic ring is 1. The molecule has 0 aliphatic heterocycles. The van der Waals surface area contributed by atoms with Crippen LogP contribution < -0.4 is 10.5 Å². The summed E-state index contributed by atoms with van der Waals surface area (Å²) in [6.45, 7) is 5.04. The second kappa shape index (κ2) is 6.63. The Bertz CT molecular complexity index is 905. The quantitative estimate of drug-likeness (QED) is 0.724. The molecule has 0 aliphatic carbocycles. The van der Waals surface area contributed by atoms with Crippen LogP contribution in [0.4, 0.5) is 5.69 Å². The maximum Gasteiger partial charge on any atom is 0.142 e. The number of fused-ring (bicyclic) bond motifs is 1. The van der Waals surface area contributed by atoms with Gasteiger partial charge in [0.15, 0.2) is 0 Å². The van der Waals surface area contributed by atoms with Crippen molar-refractivity contribution < 1.29 is 4.74 Å². The zero-order valence-corrected chi connectivity index (χ0v) is 13.9. The first kappa shape index (κ1) is 15.9. The van der Waals surface area contributed by atoms with Crippen LogP contribution in [0.15, 0.2) is 42.5 Å². The van der Waals surface area contributed by atoms with E-state index in [1.165, 1.54) is 0 Å². The summed E-state index contributed by atoms with van der Waals surface area (Å²) in [7, 11) is 0. The Balaban J connectivity index is 2.03. The van der Waals surface area contributed by atoms with E-state index in [0.29, 0.717) is 24.0 Å². The number of hydrogen-bond acceptors (Lipinski definition) is 4. The Kier molecular flexibility index (Phi) is 4.39. The molecule has 2 N–H and O–H groups in total. The highest BCUT2D eigenvalue weighted by Gasteiger charge is 2.13. The van der Waals surface area contributed by atoms with Gasteiger partial charge < -0.3 is 15.0 Å². The van der Waals surface area contributed by atoms with E-state index in [0.717, 1.165) is 22.4 Å². The molecule has 0 radical (unpaired) electrons. The third-order valence-electron chi connectivity index (χ3n) is 3.72. The Hall–Kier alpha value is -3.00. The molecule has 3 rings (SSSR count). The van der Waals surface area contributed by atoms with E-state index in [2.05, 4.69) is 24.9 Å². The number of rotatable bonds is 5. The van der Waals surface area contributed by atoms with Crippen molar-refractivity contribution in [3.8, 4) is 23.2 Å². The van der Waals surface area contributed by atoms with E-state index in [4.69, 9.17) is 15.7 Å². The fourth-order valence-electron chi connectivity index (χ4n) is 2.60. The lowest BCUT2D eigenvalue weighted by molar-refractivity contribution is 0.272. The van der Waals surface area contributed by atoms with Crippen molar-refractivity contribution in [2.45, 2.75) is 20.4 Å². The van der Waals surface area contributed by atoms with Gasteiger partial charge in [0.25, 0.3) is 0 Å². The van der Waals surface area contributed by atoms with Gasteiger partial charge in [-0.15, -0.1) is 0 Å². The van der Waals surface area contributed by atoms with E-state index in [1.54, 1.807) is 0 Å². The van der Waals surface area contributed by atoms with Gasteiger partial charge in [0.05, 0.1) is 29.4 Å². The number of nitriles is 1. The Labute approximate surface area is 141 Å². The minimum Gasteiger partial charge on any atom is -0.491 e. The molecule has 24 heavy (non-hydrogen) atoms. The first-order valence-corrected chi connectivity index (χ1v) is 7.95. The van der Waals surface area contributed by atoms with Gasteiger partial charge in [0.2, 0.25) is 0 Å². The van der Waals surface area contributed by atoms with Gasteiger partial charge in [-0.1, -0.05) is 26.0 Å². The number of benzene rings is 2. The molecule has 2 aromatic carbocycles. The van der Waals surface area contributed by atoms with Gasteiger partial charge in [0, 0.05) is 5.56 Å². The summed E-state index contributed by atoms with van der Waals surface area (Å²) in [5, 5.41) is 9.15. The number of para-hydroxylation sites is 2. The molecule has 0 saturated carbocycles.